The minimum Gasteiger partial charge on any atom is -0.691 e. The van der Waals surface area contributed by atoms with Crippen LogP contribution >= 0.6 is 23.5 Å². The van der Waals surface area contributed by atoms with Gasteiger partial charge in [-0.15, -0.1) is 17.0 Å². The number of aliphatic hydroxyl groups is 4. The van der Waals surface area contributed by atoms with Crippen molar-refractivity contribution in [1.82, 2.24) is 9.80 Å². The number of benzene rings is 3. The van der Waals surface area contributed by atoms with Gasteiger partial charge in [0.2, 0.25) is 11.2 Å². The van der Waals surface area contributed by atoms with Crippen LogP contribution in [0.5, 0.6) is 0 Å². The SMILES string of the molecule is CC12CCc3c(ccc4c3CC[C@H](O)C4)C1CC[C@@H]2O.CC12CCc3c(ccc4c3CC[C@H](OS(O)(O)O)C4)C1CC[C@@H]2O.CC12CCc3c(ccc4c3CC[C@H](OSOO[O-])C4)C1CC[C@@H]2O.CCN(CC)CC.CCN(CC)CC.O=S(=O)=O.[Na+]. The topological polar surface area (TPSA) is 259 Å². The molecule has 0 amide bonds. The van der Waals surface area contributed by atoms with Crippen LogP contribution in [0.3, 0.4) is 0 Å². The first-order chi connectivity index (χ1) is 40.9. The summed E-state index contributed by atoms with van der Waals surface area (Å²) in [6.45, 7) is 27.0. The second-order valence-corrected chi connectivity index (χ2v) is 28.2. The summed E-state index contributed by atoms with van der Waals surface area (Å²) in [4.78, 5) is 4.75. The number of fused-ring (bicyclic) bond motifs is 15. The molecule has 0 radical (unpaired) electrons. The molecule has 0 bridgehead atoms. The first-order valence-corrected chi connectivity index (χ1v) is 35.3. The molecule has 0 aliphatic heterocycles. The van der Waals surface area contributed by atoms with Gasteiger partial charge in [-0.1, -0.05) is 98.7 Å². The summed E-state index contributed by atoms with van der Waals surface area (Å²) in [5, 5.41) is 54.2. The molecular formula is C66H103N2NaO15S3. The van der Waals surface area contributed by atoms with E-state index < -0.39 is 21.8 Å². The number of hydrogen-bond acceptors (Lipinski definition) is 18. The molecule has 0 aromatic heterocycles. The van der Waals surface area contributed by atoms with E-state index in [2.05, 4.69) is 118 Å². The van der Waals surface area contributed by atoms with Gasteiger partial charge in [0.05, 0.1) is 36.6 Å². The Kier molecular flexibility index (Phi) is 28.7. The molecule has 3 aromatic rings. The summed E-state index contributed by atoms with van der Waals surface area (Å²) in [5.74, 6) is 1.48. The summed E-state index contributed by atoms with van der Waals surface area (Å²) in [5.41, 5.74) is 17.3. The number of nitrogens with zero attached hydrogens (tertiary/aromatic N) is 2. The van der Waals surface area contributed by atoms with Crippen molar-refractivity contribution in [3.05, 3.63) is 103 Å². The zero-order valence-electron chi connectivity index (χ0n) is 53.8. The molecule has 12 rings (SSSR count). The maximum atomic E-state index is 10.4. The molecule has 6 unspecified atom stereocenters. The van der Waals surface area contributed by atoms with E-state index in [0.29, 0.717) is 42.9 Å². The summed E-state index contributed by atoms with van der Waals surface area (Å²) in [6, 6.07) is 13.4. The second-order valence-electron chi connectivity index (χ2n) is 26.2. The molecule has 486 valence electrons. The van der Waals surface area contributed by atoms with E-state index in [1.165, 1.54) is 100 Å². The molecule has 3 saturated carbocycles. The van der Waals surface area contributed by atoms with Gasteiger partial charge in [-0.25, -0.2) is 0 Å². The van der Waals surface area contributed by atoms with E-state index in [9.17, 15) is 25.7 Å². The Hall–Kier alpha value is -1.58. The minimum atomic E-state index is -3.90. The maximum absolute atomic E-state index is 10.4. The van der Waals surface area contributed by atoms with Crippen molar-refractivity contribution < 1.29 is 99.3 Å². The molecule has 0 spiro atoms. The molecule has 17 nitrogen and oxygen atoms in total. The fourth-order valence-corrected chi connectivity index (χ4v) is 17.6. The van der Waals surface area contributed by atoms with Crippen molar-refractivity contribution in [3.63, 3.8) is 0 Å². The van der Waals surface area contributed by atoms with Crippen molar-refractivity contribution in [2.24, 2.45) is 16.2 Å². The van der Waals surface area contributed by atoms with Crippen LogP contribution in [-0.2, 0) is 86.1 Å². The molecule has 3 fully saturated rings. The zero-order valence-corrected chi connectivity index (χ0v) is 58.2. The van der Waals surface area contributed by atoms with Gasteiger partial charge < -0.3 is 35.5 Å². The molecule has 87 heavy (non-hydrogen) atoms. The molecule has 9 aliphatic rings. The summed E-state index contributed by atoms with van der Waals surface area (Å²) < 4.78 is 67.3. The van der Waals surface area contributed by atoms with E-state index >= 15 is 0 Å². The fraction of sp³-hybridized carbons (Fsp3) is 0.727. The molecule has 9 aliphatic carbocycles. The van der Waals surface area contributed by atoms with Crippen LogP contribution in [0.1, 0.15) is 224 Å². The molecule has 12 atom stereocenters. The third kappa shape index (κ3) is 17.8. The van der Waals surface area contributed by atoms with Crippen LogP contribution in [0.25, 0.3) is 0 Å². The number of hydrogen-bond donors (Lipinski definition) is 7. The van der Waals surface area contributed by atoms with Gasteiger partial charge >= 0.3 is 40.2 Å². The Morgan fingerprint density at radius 3 is 1.17 bits per heavy atom. The molecule has 3 aromatic carbocycles. The van der Waals surface area contributed by atoms with Crippen molar-refractivity contribution in [2.45, 2.75) is 252 Å². The average molecular weight is 1280 g/mol. The predicted molar refractivity (Wildman–Crippen MR) is 336 cm³/mol. The predicted octanol–water partition coefficient (Wildman–Crippen LogP) is 7.85. The third-order valence-electron chi connectivity index (χ3n) is 22.1. The normalized spacial score (nSPS) is 30.4. The fourth-order valence-electron chi connectivity index (χ4n) is 16.8. The Bertz CT molecular complexity index is 2780. The van der Waals surface area contributed by atoms with Gasteiger partial charge in [-0.05, 0) is 246 Å². The largest absolute Gasteiger partial charge is 1.00 e. The Balaban J connectivity index is 0.000000182. The van der Waals surface area contributed by atoms with E-state index in [1.54, 1.807) is 5.56 Å². The van der Waals surface area contributed by atoms with Crippen molar-refractivity contribution in [1.29, 1.82) is 0 Å². The molecule has 21 heteroatoms. The Labute approximate surface area is 549 Å². The van der Waals surface area contributed by atoms with Gasteiger partial charge in [-0.3, -0.25) is 27.1 Å². The third-order valence-corrected chi connectivity index (χ3v) is 23.1. The van der Waals surface area contributed by atoms with E-state index in [0.717, 1.165) is 122 Å². The summed E-state index contributed by atoms with van der Waals surface area (Å²) in [6.07, 6.45) is 19.1. The van der Waals surface area contributed by atoms with E-state index in [-0.39, 0.29) is 82.4 Å². The Morgan fingerprint density at radius 2 is 0.839 bits per heavy atom. The quantitative estimate of drug-likeness (QED) is 0.0299. The summed E-state index contributed by atoms with van der Waals surface area (Å²) in [7, 11) is -3.11. The van der Waals surface area contributed by atoms with Gasteiger partial charge in [0.15, 0.2) is 12.3 Å². The minimum absolute atomic E-state index is 0. The van der Waals surface area contributed by atoms with Gasteiger partial charge in [-0.2, -0.15) is 0 Å². The van der Waals surface area contributed by atoms with Gasteiger partial charge in [0, 0.05) is 29.1 Å². The molecule has 7 N–H and O–H groups in total. The molecule has 0 saturated heterocycles. The first kappa shape index (κ1) is 74.5. The van der Waals surface area contributed by atoms with Crippen LogP contribution in [-0.4, -0.2) is 132 Å². The van der Waals surface area contributed by atoms with Crippen molar-refractivity contribution >= 4 is 34.1 Å². The number of aliphatic hydroxyl groups excluding tert-OH is 4. The molecule has 0 heterocycles. The maximum Gasteiger partial charge on any atom is 1.00 e. The smallest absolute Gasteiger partial charge is 0.691 e. The van der Waals surface area contributed by atoms with Crippen molar-refractivity contribution in [2.75, 3.05) is 39.3 Å². The van der Waals surface area contributed by atoms with Crippen LogP contribution < -0.4 is 34.8 Å². The summed E-state index contributed by atoms with van der Waals surface area (Å²) >= 11 is -3.28. The van der Waals surface area contributed by atoms with Gasteiger partial charge in [0.1, 0.15) is 0 Å². The standard InChI is InChI=1S/C18H26O5S.C18H24O5S.C18H24O2.2C6H15N.Na.O3S/c1-18-9-8-14-13-5-3-12(23-24(20,21)22)10-11(13)2-4-15(14)16(18)6-7-17(18)19;1-18-9-8-14-13-5-3-12(21-24-23-22-20)10-11(13)2-4-15(14)16(18)6-7-17(18)19;1-18-9-8-14-13-5-3-12(19)10-11(13)2-4-15(14)16(18)6-7-17(18)20;2*1-4-7(5-2)6-3;;1-4(2)3/h2,4,12,16-17,19-22H,3,5-10H2,1H3;2,4,12,16-17,19-20H,3,5-10H2,1H3;2,4,12,16-17,19-20H,3,5-10H2,1H3;2*4-6H2,1-3H3;;/q;;;;;+1;/p-1/t3*12-,16?,17-,18?;;;;/m000..../s1. The van der Waals surface area contributed by atoms with E-state index in [4.69, 9.17) is 34.7 Å². The monoisotopic (exact) mass is 1280 g/mol. The second kappa shape index (κ2) is 33.5. The molecular weight excluding hydrogens is 1180 g/mol. The van der Waals surface area contributed by atoms with Crippen LogP contribution in [0.4, 0.5) is 0 Å². The van der Waals surface area contributed by atoms with Crippen LogP contribution in [0.2, 0.25) is 0 Å². The van der Waals surface area contributed by atoms with E-state index in [1.807, 2.05) is 0 Å². The number of rotatable bonds is 12. The zero-order chi connectivity index (χ0) is 62.7. The Morgan fingerprint density at radius 1 is 0.506 bits per heavy atom. The van der Waals surface area contributed by atoms with Crippen LogP contribution in [0, 0.1) is 16.2 Å². The average Bonchev–Trinajstić information content (AvgIpc) is 1.85. The van der Waals surface area contributed by atoms with Crippen molar-refractivity contribution in [3.8, 4) is 0 Å². The van der Waals surface area contributed by atoms with Gasteiger partial charge in [0.25, 0.3) is 0 Å². The first-order valence-electron chi connectivity index (χ1n) is 32.2. The van der Waals surface area contributed by atoms with Crippen LogP contribution in [0.15, 0.2) is 36.4 Å².